The number of nitriles is 1. The Kier molecular flexibility index (Phi) is 1.40. The Hall–Kier alpha value is -0.950. The van der Waals surface area contributed by atoms with Gasteiger partial charge in [-0.15, -0.1) is 21.5 Å². The average Bonchev–Trinajstić information content (AvgIpc) is 2.39. The van der Waals surface area contributed by atoms with Crippen LogP contribution in [0.25, 0.3) is 0 Å². The molecule has 0 aromatic carbocycles. The summed E-state index contributed by atoms with van der Waals surface area (Å²) in [7, 11) is 0. The first-order valence-corrected chi connectivity index (χ1v) is 4.43. The van der Waals surface area contributed by atoms with Crippen molar-refractivity contribution < 1.29 is 0 Å². The highest BCUT2D eigenvalue weighted by atomic mass is 32.1. The molecule has 0 radical (unpaired) electrons. The van der Waals surface area contributed by atoms with E-state index < -0.39 is 0 Å². The predicted molar refractivity (Wildman–Crippen MR) is 41.1 cm³/mol. The topological polar surface area (TPSA) is 49.6 Å². The van der Waals surface area contributed by atoms with Crippen LogP contribution in [0.15, 0.2) is 5.51 Å². The Bertz CT molecular complexity index is 281. The molecule has 2 rings (SSSR count). The fourth-order valence-corrected chi connectivity index (χ4v) is 2.05. The van der Waals surface area contributed by atoms with E-state index in [9.17, 15) is 0 Å². The summed E-state index contributed by atoms with van der Waals surface area (Å²) in [6.45, 7) is 0. The van der Waals surface area contributed by atoms with Crippen LogP contribution in [0.5, 0.6) is 0 Å². The number of rotatable bonds is 1. The lowest BCUT2D eigenvalue weighted by atomic mass is 9.70. The molecule has 0 spiro atoms. The largest absolute Gasteiger partial charge is 0.197 e. The molecule has 11 heavy (non-hydrogen) atoms. The maximum absolute atomic E-state index is 8.90. The molecule has 0 saturated heterocycles. The lowest BCUT2D eigenvalue weighted by Gasteiger charge is -2.32. The van der Waals surface area contributed by atoms with Gasteiger partial charge in [0, 0.05) is 0 Å². The minimum atomic E-state index is -0.263. The summed E-state index contributed by atoms with van der Waals surface area (Å²) in [5.41, 5.74) is 1.42. The predicted octanol–water partition coefficient (Wildman–Crippen LogP) is 1.48. The third kappa shape index (κ3) is 0.847. The first-order chi connectivity index (χ1) is 5.37. The molecule has 1 aliphatic rings. The van der Waals surface area contributed by atoms with Gasteiger partial charge in [0.15, 0.2) is 0 Å². The molecule has 3 nitrogen and oxygen atoms in total. The van der Waals surface area contributed by atoms with Gasteiger partial charge in [-0.25, -0.2) is 0 Å². The van der Waals surface area contributed by atoms with Gasteiger partial charge in [0.25, 0.3) is 0 Å². The van der Waals surface area contributed by atoms with Crippen LogP contribution >= 0.6 is 11.3 Å². The zero-order chi connectivity index (χ0) is 7.73. The Morgan fingerprint density at radius 2 is 2.45 bits per heavy atom. The van der Waals surface area contributed by atoms with E-state index in [4.69, 9.17) is 5.26 Å². The highest BCUT2D eigenvalue weighted by Crippen LogP contribution is 2.43. The fraction of sp³-hybridized carbons (Fsp3) is 0.571. The Labute approximate surface area is 68.7 Å². The van der Waals surface area contributed by atoms with E-state index in [1.165, 1.54) is 11.3 Å². The van der Waals surface area contributed by atoms with Gasteiger partial charge in [0.1, 0.15) is 15.9 Å². The van der Waals surface area contributed by atoms with Crippen molar-refractivity contribution in [3.63, 3.8) is 0 Å². The second-order valence-corrected chi connectivity index (χ2v) is 3.62. The first-order valence-electron chi connectivity index (χ1n) is 3.55. The Morgan fingerprint density at radius 1 is 1.64 bits per heavy atom. The SMILES string of the molecule is N#CC1(c2nncs2)CCC1. The molecule has 56 valence electrons. The van der Waals surface area contributed by atoms with Crippen molar-refractivity contribution in [3.05, 3.63) is 10.5 Å². The second-order valence-electron chi connectivity index (χ2n) is 2.79. The van der Waals surface area contributed by atoms with Gasteiger partial charge in [-0.05, 0) is 19.3 Å². The summed E-state index contributed by atoms with van der Waals surface area (Å²) in [5, 5.41) is 17.5. The summed E-state index contributed by atoms with van der Waals surface area (Å²) in [6, 6.07) is 2.33. The molecule has 0 N–H and O–H groups in total. The van der Waals surface area contributed by atoms with E-state index in [0.717, 1.165) is 24.3 Å². The van der Waals surface area contributed by atoms with E-state index in [1.54, 1.807) is 5.51 Å². The van der Waals surface area contributed by atoms with E-state index in [0.29, 0.717) is 0 Å². The monoisotopic (exact) mass is 165 g/mol. The molecule has 1 aromatic heterocycles. The van der Waals surface area contributed by atoms with Gasteiger partial charge in [-0.3, -0.25) is 0 Å². The van der Waals surface area contributed by atoms with E-state index in [-0.39, 0.29) is 5.41 Å². The third-order valence-corrected chi connectivity index (χ3v) is 3.09. The smallest absolute Gasteiger partial charge is 0.137 e. The van der Waals surface area contributed by atoms with Crippen LogP contribution in [0.2, 0.25) is 0 Å². The molecular formula is C7H7N3S. The Balaban J connectivity index is 2.34. The highest BCUT2D eigenvalue weighted by Gasteiger charge is 2.41. The van der Waals surface area contributed by atoms with Crippen LogP contribution in [0.3, 0.4) is 0 Å². The van der Waals surface area contributed by atoms with Gasteiger partial charge in [-0.2, -0.15) is 5.26 Å². The van der Waals surface area contributed by atoms with E-state index in [1.807, 2.05) is 0 Å². The summed E-state index contributed by atoms with van der Waals surface area (Å²) < 4.78 is 0. The van der Waals surface area contributed by atoms with E-state index in [2.05, 4.69) is 16.3 Å². The molecule has 0 unspecified atom stereocenters. The lowest BCUT2D eigenvalue weighted by Crippen LogP contribution is -2.32. The minimum absolute atomic E-state index is 0.263. The van der Waals surface area contributed by atoms with Gasteiger partial charge >= 0.3 is 0 Å². The molecule has 4 heteroatoms. The number of hydrogen-bond donors (Lipinski definition) is 0. The maximum Gasteiger partial charge on any atom is 0.137 e. The fourth-order valence-electron chi connectivity index (χ4n) is 1.29. The second kappa shape index (κ2) is 2.28. The van der Waals surface area contributed by atoms with Crippen LogP contribution in [0, 0.1) is 11.3 Å². The third-order valence-electron chi connectivity index (χ3n) is 2.19. The summed E-state index contributed by atoms with van der Waals surface area (Å²) in [6.07, 6.45) is 3.06. The quantitative estimate of drug-likeness (QED) is 0.633. The number of aromatic nitrogens is 2. The Morgan fingerprint density at radius 3 is 2.82 bits per heavy atom. The molecule has 0 aliphatic heterocycles. The van der Waals surface area contributed by atoms with Gasteiger partial charge in [0.05, 0.1) is 6.07 Å². The average molecular weight is 165 g/mol. The molecule has 1 fully saturated rings. The van der Waals surface area contributed by atoms with Crippen LogP contribution in [0.4, 0.5) is 0 Å². The van der Waals surface area contributed by atoms with Crippen molar-refractivity contribution >= 4 is 11.3 Å². The zero-order valence-electron chi connectivity index (χ0n) is 5.95. The standard InChI is InChI=1S/C7H7N3S/c8-4-7(2-1-3-7)6-10-9-5-11-6/h5H,1-3H2. The molecule has 0 atom stereocenters. The maximum atomic E-state index is 8.90. The number of hydrogen-bond acceptors (Lipinski definition) is 4. The molecule has 1 heterocycles. The van der Waals surface area contributed by atoms with Crippen molar-refractivity contribution in [3.8, 4) is 6.07 Å². The highest BCUT2D eigenvalue weighted by molar-refractivity contribution is 7.09. The summed E-state index contributed by atoms with van der Waals surface area (Å²) >= 11 is 1.49. The van der Waals surface area contributed by atoms with Crippen molar-refractivity contribution in [1.29, 1.82) is 5.26 Å². The van der Waals surface area contributed by atoms with Gasteiger partial charge in [0.2, 0.25) is 0 Å². The lowest BCUT2D eigenvalue weighted by molar-refractivity contribution is 0.321. The van der Waals surface area contributed by atoms with Crippen LogP contribution in [0.1, 0.15) is 24.3 Å². The normalized spacial score (nSPS) is 20.3. The van der Waals surface area contributed by atoms with Crippen molar-refractivity contribution in [2.24, 2.45) is 0 Å². The molecule has 1 aromatic rings. The molecule has 0 bridgehead atoms. The minimum Gasteiger partial charge on any atom is -0.197 e. The summed E-state index contributed by atoms with van der Waals surface area (Å²) in [5.74, 6) is 0. The van der Waals surface area contributed by atoms with E-state index >= 15 is 0 Å². The molecule has 1 saturated carbocycles. The number of nitrogens with zero attached hydrogens (tertiary/aromatic N) is 3. The summed E-state index contributed by atoms with van der Waals surface area (Å²) in [4.78, 5) is 0. The zero-order valence-corrected chi connectivity index (χ0v) is 6.77. The molecule has 0 amide bonds. The molecular weight excluding hydrogens is 158 g/mol. The van der Waals surface area contributed by atoms with Crippen molar-refractivity contribution in [1.82, 2.24) is 10.2 Å². The molecule has 1 aliphatic carbocycles. The van der Waals surface area contributed by atoms with Crippen LogP contribution in [-0.4, -0.2) is 10.2 Å². The van der Waals surface area contributed by atoms with Gasteiger partial charge in [-0.1, -0.05) is 0 Å². The first kappa shape index (κ1) is 6.74. The van der Waals surface area contributed by atoms with Crippen LogP contribution < -0.4 is 0 Å². The van der Waals surface area contributed by atoms with Crippen molar-refractivity contribution in [2.45, 2.75) is 24.7 Å². The van der Waals surface area contributed by atoms with Crippen LogP contribution in [-0.2, 0) is 5.41 Å². The van der Waals surface area contributed by atoms with Crippen molar-refractivity contribution in [2.75, 3.05) is 0 Å². The van der Waals surface area contributed by atoms with Gasteiger partial charge < -0.3 is 0 Å².